The van der Waals surface area contributed by atoms with E-state index in [9.17, 15) is 4.79 Å². The molecule has 1 heterocycles. The van der Waals surface area contributed by atoms with Gasteiger partial charge in [-0.15, -0.1) is 11.3 Å². The van der Waals surface area contributed by atoms with Crippen molar-refractivity contribution in [2.75, 3.05) is 0 Å². The van der Waals surface area contributed by atoms with Crippen molar-refractivity contribution in [3.8, 4) is 16.3 Å². The first kappa shape index (κ1) is 15.5. The lowest BCUT2D eigenvalue weighted by atomic mass is 10.2. The summed E-state index contributed by atoms with van der Waals surface area (Å²) in [5, 5.41) is 11.8. The summed E-state index contributed by atoms with van der Waals surface area (Å²) in [4.78, 5) is 15.0. The fourth-order valence-electron chi connectivity index (χ4n) is 1.97. The molecule has 0 aliphatic heterocycles. The molecule has 0 aliphatic carbocycles. The SMILES string of the molecule is O=C(O)c1csc(-c2cccc(OCc3ccc(Cl)cc3)c2)n1. The number of halogens is 1. The van der Waals surface area contributed by atoms with Crippen LogP contribution in [0.3, 0.4) is 0 Å². The van der Waals surface area contributed by atoms with Crippen LogP contribution >= 0.6 is 22.9 Å². The molecule has 23 heavy (non-hydrogen) atoms. The number of carboxylic acids is 1. The smallest absolute Gasteiger partial charge is 0.355 e. The van der Waals surface area contributed by atoms with E-state index >= 15 is 0 Å². The highest BCUT2D eigenvalue weighted by molar-refractivity contribution is 7.13. The minimum absolute atomic E-state index is 0.0532. The van der Waals surface area contributed by atoms with Crippen molar-refractivity contribution in [3.05, 3.63) is 70.2 Å². The number of aromatic carboxylic acids is 1. The molecule has 0 spiro atoms. The highest BCUT2D eigenvalue weighted by atomic mass is 35.5. The number of nitrogens with zero attached hydrogens (tertiary/aromatic N) is 1. The average Bonchev–Trinajstić information content (AvgIpc) is 3.05. The lowest BCUT2D eigenvalue weighted by Gasteiger charge is -2.07. The first-order valence-electron chi connectivity index (χ1n) is 6.78. The summed E-state index contributed by atoms with van der Waals surface area (Å²) in [5.41, 5.74) is 1.90. The summed E-state index contributed by atoms with van der Waals surface area (Å²) in [6, 6.07) is 14.9. The van der Waals surface area contributed by atoms with Crippen molar-refractivity contribution in [3.63, 3.8) is 0 Å². The molecular weight excluding hydrogens is 334 g/mol. The number of hydrogen-bond acceptors (Lipinski definition) is 4. The van der Waals surface area contributed by atoms with Crippen LogP contribution in [0.25, 0.3) is 10.6 Å². The van der Waals surface area contributed by atoms with Crippen LogP contribution in [-0.2, 0) is 6.61 Å². The third-order valence-corrected chi connectivity index (χ3v) is 4.27. The maximum Gasteiger partial charge on any atom is 0.355 e. The molecule has 0 atom stereocenters. The van der Waals surface area contributed by atoms with Crippen molar-refractivity contribution >= 4 is 28.9 Å². The van der Waals surface area contributed by atoms with Gasteiger partial charge >= 0.3 is 5.97 Å². The topological polar surface area (TPSA) is 59.4 Å². The first-order valence-corrected chi connectivity index (χ1v) is 8.04. The van der Waals surface area contributed by atoms with Gasteiger partial charge in [0.15, 0.2) is 5.69 Å². The number of rotatable bonds is 5. The van der Waals surface area contributed by atoms with Crippen molar-refractivity contribution in [1.29, 1.82) is 0 Å². The third kappa shape index (κ3) is 3.88. The second-order valence-corrected chi connectivity index (χ2v) is 6.08. The Balaban J connectivity index is 1.74. The molecule has 1 N–H and O–H groups in total. The average molecular weight is 346 g/mol. The highest BCUT2D eigenvalue weighted by Gasteiger charge is 2.10. The molecule has 0 unspecified atom stereocenters. The fraction of sp³-hybridized carbons (Fsp3) is 0.0588. The van der Waals surface area contributed by atoms with Crippen LogP contribution in [0.2, 0.25) is 5.02 Å². The Kier molecular flexibility index (Phi) is 4.60. The molecule has 3 aromatic rings. The molecule has 0 fully saturated rings. The van der Waals surface area contributed by atoms with Crippen LogP contribution in [0, 0.1) is 0 Å². The zero-order chi connectivity index (χ0) is 16.2. The summed E-state index contributed by atoms with van der Waals surface area (Å²) < 4.78 is 5.77. The van der Waals surface area contributed by atoms with Gasteiger partial charge in [-0.25, -0.2) is 9.78 Å². The van der Waals surface area contributed by atoms with Crippen molar-refractivity contribution in [2.24, 2.45) is 0 Å². The van der Waals surface area contributed by atoms with Crippen molar-refractivity contribution < 1.29 is 14.6 Å². The maximum absolute atomic E-state index is 10.9. The van der Waals surface area contributed by atoms with Gasteiger partial charge in [-0.3, -0.25) is 0 Å². The molecule has 4 nitrogen and oxygen atoms in total. The molecule has 2 aromatic carbocycles. The maximum atomic E-state index is 10.9. The number of hydrogen-bond donors (Lipinski definition) is 1. The number of ether oxygens (including phenoxy) is 1. The van der Waals surface area contributed by atoms with Crippen LogP contribution in [0.4, 0.5) is 0 Å². The van der Waals surface area contributed by atoms with E-state index in [1.165, 1.54) is 16.7 Å². The van der Waals surface area contributed by atoms with E-state index in [0.717, 1.165) is 11.1 Å². The minimum Gasteiger partial charge on any atom is -0.489 e. The summed E-state index contributed by atoms with van der Waals surface area (Å²) in [6.07, 6.45) is 0. The van der Waals surface area contributed by atoms with Gasteiger partial charge in [-0.05, 0) is 29.8 Å². The van der Waals surface area contributed by atoms with Crippen LogP contribution in [0.1, 0.15) is 16.1 Å². The highest BCUT2D eigenvalue weighted by Crippen LogP contribution is 2.27. The van der Waals surface area contributed by atoms with E-state index in [2.05, 4.69) is 4.98 Å². The Hall–Kier alpha value is -2.37. The summed E-state index contributed by atoms with van der Waals surface area (Å²) >= 11 is 7.15. The normalized spacial score (nSPS) is 10.5. The zero-order valence-electron chi connectivity index (χ0n) is 11.9. The van der Waals surface area contributed by atoms with E-state index in [0.29, 0.717) is 22.4 Å². The van der Waals surface area contributed by atoms with E-state index < -0.39 is 5.97 Å². The number of carboxylic acid groups (broad SMARTS) is 1. The minimum atomic E-state index is -1.03. The third-order valence-electron chi connectivity index (χ3n) is 3.12. The van der Waals surface area contributed by atoms with Gasteiger partial charge in [-0.2, -0.15) is 0 Å². The van der Waals surface area contributed by atoms with E-state index in [-0.39, 0.29) is 5.69 Å². The van der Waals surface area contributed by atoms with Gasteiger partial charge in [0.05, 0.1) is 0 Å². The number of aromatic nitrogens is 1. The molecule has 0 bridgehead atoms. The predicted molar refractivity (Wildman–Crippen MR) is 90.3 cm³/mol. The Morgan fingerprint density at radius 1 is 1.22 bits per heavy atom. The molecular formula is C17H12ClNO3S. The molecule has 0 saturated heterocycles. The van der Waals surface area contributed by atoms with E-state index in [1.807, 2.05) is 48.5 Å². The molecule has 6 heteroatoms. The Morgan fingerprint density at radius 3 is 2.70 bits per heavy atom. The Morgan fingerprint density at radius 2 is 2.00 bits per heavy atom. The Bertz CT molecular complexity index is 830. The van der Waals surface area contributed by atoms with Crippen molar-refractivity contribution in [1.82, 2.24) is 4.98 Å². The van der Waals surface area contributed by atoms with Crippen LogP contribution in [0.5, 0.6) is 5.75 Å². The molecule has 0 amide bonds. The quantitative estimate of drug-likeness (QED) is 0.725. The van der Waals surface area contributed by atoms with Crippen molar-refractivity contribution in [2.45, 2.75) is 6.61 Å². The van der Waals surface area contributed by atoms with Crippen LogP contribution < -0.4 is 4.74 Å². The standard InChI is InChI=1S/C17H12ClNO3S/c18-13-6-4-11(5-7-13)9-22-14-3-1-2-12(8-14)16-19-15(10-23-16)17(20)21/h1-8,10H,9H2,(H,20,21). The number of thiazole rings is 1. The number of benzene rings is 2. The summed E-state index contributed by atoms with van der Waals surface area (Å²) in [6.45, 7) is 0.429. The number of carbonyl (C=O) groups is 1. The molecule has 0 radical (unpaired) electrons. The molecule has 116 valence electrons. The van der Waals surface area contributed by atoms with Gasteiger partial charge in [0, 0.05) is 16.0 Å². The lowest BCUT2D eigenvalue weighted by molar-refractivity contribution is 0.0691. The molecule has 0 saturated carbocycles. The largest absolute Gasteiger partial charge is 0.489 e. The van der Waals surface area contributed by atoms with Crippen LogP contribution in [-0.4, -0.2) is 16.1 Å². The molecule has 1 aromatic heterocycles. The second kappa shape index (κ2) is 6.81. The fourth-order valence-corrected chi connectivity index (χ4v) is 2.89. The Labute approximate surface area is 142 Å². The zero-order valence-corrected chi connectivity index (χ0v) is 13.5. The lowest BCUT2D eigenvalue weighted by Crippen LogP contribution is -1.96. The van der Waals surface area contributed by atoms with Gasteiger partial charge in [0.2, 0.25) is 0 Å². The monoisotopic (exact) mass is 345 g/mol. The van der Waals surface area contributed by atoms with E-state index in [1.54, 1.807) is 0 Å². The van der Waals surface area contributed by atoms with E-state index in [4.69, 9.17) is 21.4 Å². The van der Waals surface area contributed by atoms with Crippen LogP contribution in [0.15, 0.2) is 53.9 Å². The van der Waals surface area contributed by atoms with Gasteiger partial charge in [-0.1, -0.05) is 35.9 Å². The van der Waals surface area contributed by atoms with Gasteiger partial charge in [0.25, 0.3) is 0 Å². The van der Waals surface area contributed by atoms with Gasteiger partial charge < -0.3 is 9.84 Å². The second-order valence-electron chi connectivity index (χ2n) is 4.79. The summed E-state index contributed by atoms with van der Waals surface area (Å²) in [5.74, 6) is -0.327. The first-order chi connectivity index (χ1) is 11.1. The predicted octanol–water partition coefficient (Wildman–Crippen LogP) is 4.74. The molecule has 0 aliphatic rings. The summed E-state index contributed by atoms with van der Waals surface area (Å²) in [7, 11) is 0. The van der Waals surface area contributed by atoms with Gasteiger partial charge in [0.1, 0.15) is 17.4 Å². The molecule has 3 rings (SSSR count).